The third kappa shape index (κ3) is 2.76. The lowest BCUT2D eigenvalue weighted by atomic mass is 10.1. The van der Waals surface area contributed by atoms with Crippen molar-refractivity contribution in [3.8, 4) is 0 Å². The minimum Gasteiger partial charge on any atom is -0.361 e. The summed E-state index contributed by atoms with van der Waals surface area (Å²) in [7, 11) is 0. The van der Waals surface area contributed by atoms with Crippen LogP contribution in [-0.2, 0) is 29.0 Å². The predicted octanol–water partition coefficient (Wildman–Crippen LogP) is 2.52. The van der Waals surface area contributed by atoms with Crippen molar-refractivity contribution in [3.63, 3.8) is 0 Å². The van der Waals surface area contributed by atoms with Gasteiger partial charge in [-0.25, -0.2) is 0 Å². The number of carbonyl (C=O) groups is 2. The summed E-state index contributed by atoms with van der Waals surface area (Å²) in [6, 6.07) is 13.7. The van der Waals surface area contributed by atoms with E-state index in [-0.39, 0.29) is 11.8 Å². The highest BCUT2D eigenvalue weighted by Crippen LogP contribution is 2.23. The zero-order valence-electron chi connectivity index (χ0n) is 13.1. The van der Waals surface area contributed by atoms with Gasteiger partial charge in [0, 0.05) is 29.3 Å². The molecule has 0 fully saturated rings. The van der Waals surface area contributed by atoms with E-state index in [2.05, 4.69) is 15.6 Å². The van der Waals surface area contributed by atoms with Gasteiger partial charge in [-0.1, -0.05) is 30.3 Å². The van der Waals surface area contributed by atoms with Gasteiger partial charge in [0.05, 0.1) is 12.8 Å². The van der Waals surface area contributed by atoms with Crippen LogP contribution in [0.5, 0.6) is 0 Å². The molecule has 0 aliphatic carbocycles. The lowest BCUT2D eigenvalue weighted by Crippen LogP contribution is -2.24. The molecule has 0 bridgehead atoms. The maximum absolute atomic E-state index is 12.2. The Morgan fingerprint density at radius 3 is 2.96 bits per heavy atom. The van der Waals surface area contributed by atoms with Crippen LogP contribution in [0.3, 0.4) is 0 Å². The molecule has 0 spiro atoms. The van der Waals surface area contributed by atoms with Gasteiger partial charge in [0.15, 0.2) is 0 Å². The summed E-state index contributed by atoms with van der Waals surface area (Å²) in [5.74, 6) is -0.0000237. The van der Waals surface area contributed by atoms with Crippen molar-refractivity contribution in [1.82, 2.24) is 10.3 Å². The molecule has 2 heterocycles. The summed E-state index contributed by atoms with van der Waals surface area (Å²) in [6.07, 6.45) is 2.64. The van der Waals surface area contributed by atoms with Gasteiger partial charge in [-0.2, -0.15) is 0 Å². The van der Waals surface area contributed by atoms with E-state index in [1.54, 1.807) is 0 Å². The summed E-state index contributed by atoms with van der Waals surface area (Å²) in [4.78, 5) is 26.8. The quantitative estimate of drug-likeness (QED) is 0.691. The van der Waals surface area contributed by atoms with Gasteiger partial charge in [0.25, 0.3) is 0 Å². The van der Waals surface area contributed by atoms with Gasteiger partial charge in [-0.05, 0) is 28.8 Å². The molecule has 1 aliphatic heterocycles. The number of carbonyl (C=O) groups excluding carboxylic acids is 2. The molecule has 4 rings (SSSR count). The van der Waals surface area contributed by atoms with Crippen LogP contribution < -0.4 is 10.6 Å². The van der Waals surface area contributed by atoms with E-state index in [1.807, 2.05) is 48.7 Å². The highest BCUT2D eigenvalue weighted by atomic mass is 16.2. The van der Waals surface area contributed by atoms with E-state index in [0.29, 0.717) is 19.4 Å². The van der Waals surface area contributed by atoms with Crippen molar-refractivity contribution in [2.45, 2.75) is 19.4 Å². The van der Waals surface area contributed by atoms with Crippen molar-refractivity contribution in [1.29, 1.82) is 0 Å². The molecule has 0 atom stereocenters. The normalized spacial score (nSPS) is 12.9. The number of hydrogen-bond acceptors (Lipinski definition) is 2. The molecule has 2 aromatic carbocycles. The summed E-state index contributed by atoms with van der Waals surface area (Å²) in [5, 5.41) is 6.83. The van der Waals surface area contributed by atoms with Gasteiger partial charge in [-0.3, -0.25) is 9.59 Å². The van der Waals surface area contributed by atoms with Crippen LogP contribution in [0.4, 0.5) is 5.69 Å². The number of benzene rings is 2. The Morgan fingerprint density at radius 1 is 1.17 bits per heavy atom. The van der Waals surface area contributed by atoms with Gasteiger partial charge in [-0.15, -0.1) is 0 Å². The molecular formula is C19H17N3O2. The average molecular weight is 319 g/mol. The molecule has 0 radical (unpaired) electrons. The number of hydrogen-bond donors (Lipinski definition) is 3. The number of para-hydroxylation sites is 1. The highest BCUT2D eigenvalue weighted by molar-refractivity contribution is 5.99. The largest absolute Gasteiger partial charge is 0.361 e. The molecule has 0 saturated heterocycles. The second-order valence-corrected chi connectivity index (χ2v) is 6.03. The van der Waals surface area contributed by atoms with Crippen LogP contribution in [0.2, 0.25) is 0 Å². The zero-order chi connectivity index (χ0) is 16.5. The fourth-order valence-electron chi connectivity index (χ4n) is 3.11. The molecular weight excluding hydrogens is 302 g/mol. The minimum absolute atomic E-state index is 0.0190. The van der Waals surface area contributed by atoms with Crippen LogP contribution in [-0.4, -0.2) is 16.8 Å². The molecule has 1 aliphatic rings. The van der Waals surface area contributed by atoms with E-state index >= 15 is 0 Å². The molecule has 3 N–H and O–H groups in total. The number of rotatable bonds is 4. The standard InChI is InChI=1S/C19H17N3O2/c23-18(9-14-11-20-17-4-2-1-3-15(14)17)21-10-12-5-6-16-13(7-12)8-19(24)22-16/h1-7,11,20H,8-10H2,(H,21,23)(H,22,24). The van der Waals surface area contributed by atoms with Crippen molar-refractivity contribution in [2.75, 3.05) is 5.32 Å². The van der Waals surface area contributed by atoms with E-state index in [9.17, 15) is 9.59 Å². The SMILES string of the molecule is O=C(Cc1c[nH]c2ccccc12)NCc1ccc2c(c1)CC(=O)N2. The average Bonchev–Trinajstić information content (AvgIpc) is 3.15. The molecule has 2 amide bonds. The lowest BCUT2D eigenvalue weighted by molar-refractivity contribution is -0.120. The third-order valence-corrected chi connectivity index (χ3v) is 4.31. The van der Waals surface area contributed by atoms with E-state index in [1.165, 1.54) is 0 Å². The van der Waals surface area contributed by atoms with Gasteiger partial charge >= 0.3 is 0 Å². The van der Waals surface area contributed by atoms with Gasteiger partial charge < -0.3 is 15.6 Å². The van der Waals surface area contributed by atoms with Crippen molar-refractivity contribution >= 4 is 28.4 Å². The Hall–Kier alpha value is -3.08. The second-order valence-electron chi connectivity index (χ2n) is 6.03. The topological polar surface area (TPSA) is 74.0 Å². The maximum atomic E-state index is 12.2. The van der Waals surface area contributed by atoms with Crippen molar-refractivity contribution in [3.05, 3.63) is 65.4 Å². The van der Waals surface area contributed by atoms with Crippen LogP contribution in [0.15, 0.2) is 48.7 Å². The molecule has 5 nitrogen and oxygen atoms in total. The van der Waals surface area contributed by atoms with Crippen molar-refractivity contribution < 1.29 is 9.59 Å². The Balaban J connectivity index is 1.40. The number of nitrogens with one attached hydrogen (secondary N) is 3. The van der Waals surface area contributed by atoms with E-state index < -0.39 is 0 Å². The number of H-pyrrole nitrogens is 1. The third-order valence-electron chi connectivity index (χ3n) is 4.31. The highest BCUT2D eigenvalue weighted by Gasteiger charge is 2.17. The fourth-order valence-corrected chi connectivity index (χ4v) is 3.11. The van der Waals surface area contributed by atoms with Crippen LogP contribution >= 0.6 is 0 Å². The number of fused-ring (bicyclic) bond motifs is 2. The Kier molecular flexibility index (Phi) is 3.54. The van der Waals surface area contributed by atoms with Crippen LogP contribution in [0, 0.1) is 0 Å². The first-order valence-corrected chi connectivity index (χ1v) is 7.92. The predicted molar refractivity (Wildman–Crippen MR) is 92.6 cm³/mol. The molecule has 1 aromatic heterocycles. The minimum atomic E-state index is -0.0190. The Labute approximate surface area is 139 Å². The second kappa shape index (κ2) is 5.85. The van der Waals surface area contributed by atoms with Gasteiger partial charge in [0.1, 0.15) is 0 Å². The monoisotopic (exact) mass is 319 g/mol. The Morgan fingerprint density at radius 2 is 2.04 bits per heavy atom. The Bertz CT molecular complexity index is 943. The molecule has 24 heavy (non-hydrogen) atoms. The summed E-state index contributed by atoms with van der Waals surface area (Å²) >= 11 is 0. The summed E-state index contributed by atoms with van der Waals surface area (Å²) in [6.45, 7) is 0.461. The number of amides is 2. The number of anilines is 1. The number of aromatic amines is 1. The van der Waals surface area contributed by atoms with Crippen molar-refractivity contribution in [2.24, 2.45) is 0 Å². The zero-order valence-corrected chi connectivity index (χ0v) is 13.1. The first-order valence-electron chi connectivity index (χ1n) is 7.92. The van der Waals surface area contributed by atoms with E-state index in [0.717, 1.165) is 33.3 Å². The molecule has 120 valence electrons. The summed E-state index contributed by atoms with van der Waals surface area (Å²) in [5.41, 5.74) is 4.89. The maximum Gasteiger partial charge on any atom is 0.228 e. The first-order chi connectivity index (χ1) is 11.7. The smallest absolute Gasteiger partial charge is 0.228 e. The number of aromatic nitrogens is 1. The molecule has 0 unspecified atom stereocenters. The summed E-state index contributed by atoms with van der Waals surface area (Å²) < 4.78 is 0. The van der Waals surface area contributed by atoms with Crippen LogP contribution in [0.1, 0.15) is 16.7 Å². The van der Waals surface area contributed by atoms with Crippen LogP contribution in [0.25, 0.3) is 10.9 Å². The molecule has 3 aromatic rings. The first kappa shape index (κ1) is 14.5. The lowest BCUT2D eigenvalue weighted by Gasteiger charge is -2.07. The fraction of sp³-hybridized carbons (Fsp3) is 0.158. The van der Waals surface area contributed by atoms with Gasteiger partial charge in [0.2, 0.25) is 11.8 Å². The molecule has 0 saturated carbocycles. The molecule has 5 heteroatoms. The van der Waals surface area contributed by atoms with E-state index in [4.69, 9.17) is 0 Å².